The number of benzene rings is 1. The van der Waals surface area contributed by atoms with Crippen LogP contribution in [0.3, 0.4) is 0 Å². The monoisotopic (exact) mass is 511 g/mol. The summed E-state index contributed by atoms with van der Waals surface area (Å²) in [7, 11) is 3.77. The zero-order valence-corrected chi connectivity index (χ0v) is 19.5. The van der Waals surface area contributed by atoms with Crippen molar-refractivity contribution in [3.8, 4) is 5.75 Å². The van der Waals surface area contributed by atoms with Gasteiger partial charge in [0.1, 0.15) is 12.4 Å². The van der Waals surface area contributed by atoms with Crippen molar-refractivity contribution in [2.45, 2.75) is 25.4 Å². The number of nitrogens with one attached hydrogen (secondary N) is 1. The van der Waals surface area contributed by atoms with Crippen LogP contribution in [0.15, 0.2) is 29.3 Å². The molecule has 0 bridgehead atoms. The van der Waals surface area contributed by atoms with Crippen molar-refractivity contribution in [3.63, 3.8) is 0 Å². The Morgan fingerprint density at radius 2 is 2.11 bits per heavy atom. The van der Waals surface area contributed by atoms with Gasteiger partial charge in [0, 0.05) is 51.8 Å². The van der Waals surface area contributed by atoms with E-state index in [-0.39, 0.29) is 29.6 Å². The number of nitrogens with zero attached hydrogens (tertiary/aromatic N) is 2. The lowest BCUT2D eigenvalue weighted by Crippen LogP contribution is -2.45. The maximum Gasteiger partial charge on any atom is 0.193 e. The van der Waals surface area contributed by atoms with Gasteiger partial charge in [-0.05, 0) is 25.1 Å². The summed E-state index contributed by atoms with van der Waals surface area (Å²) in [6.45, 7) is 6.20. The lowest BCUT2D eigenvalue weighted by atomic mass is 9.94. The predicted molar refractivity (Wildman–Crippen MR) is 121 cm³/mol. The number of halogens is 2. The first-order valence-corrected chi connectivity index (χ1v) is 9.47. The molecule has 0 saturated carbocycles. The summed E-state index contributed by atoms with van der Waals surface area (Å²) >= 11 is 5.98. The standard InChI is InChI=1S/C19H30ClN3O3.HI/c1-4-21-18(22-15-19(24-3)8-11-25-12-9-19)23(2)10-13-26-17-7-5-6-16(20)14-17;/h5-7,14H,4,8-13,15H2,1-3H3,(H,21,22);1H. The Kier molecular flexibility index (Phi) is 11.4. The molecular formula is C19H31ClIN3O3. The van der Waals surface area contributed by atoms with E-state index >= 15 is 0 Å². The minimum absolute atomic E-state index is 0. The van der Waals surface area contributed by atoms with Crippen LogP contribution in [0.2, 0.25) is 5.02 Å². The summed E-state index contributed by atoms with van der Waals surface area (Å²) in [6, 6.07) is 7.43. The van der Waals surface area contributed by atoms with E-state index < -0.39 is 0 Å². The van der Waals surface area contributed by atoms with E-state index in [2.05, 4.69) is 17.1 Å². The summed E-state index contributed by atoms with van der Waals surface area (Å²) in [4.78, 5) is 6.86. The van der Waals surface area contributed by atoms with Crippen molar-refractivity contribution in [2.75, 3.05) is 53.6 Å². The Morgan fingerprint density at radius 1 is 1.37 bits per heavy atom. The molecule has 1 saturated heterocycles. The molecular weight excluding hydrogens is 481 g/mol. The third-order valence-corrected chi connectivity index (χ3v) is 4.78. The molecule has 1 heterocycles. The van der Waals surface area contributed by atoms with Gasteiger partial charge in [-0.3, -0.25) is 4.99 Å². The van der Waals surface area contributed by atoms with Crippen molar-refractivity contribution in [3.05, 3.63) is 29.3 Å². The van der Waals surface area contributed by atoms with Gasteiger partial charge in [0.15, 0.2) is 5.96 Å². The number of ether oxygens (including phenoxy) is 3. The lowest BCUT2D eigenvalue weighted by molar-refractivity contribution is -0.0829. The maximum atomic E-state index is 5.98. The summed E-state index contributed by atoms with van der Waals surface area (Å²) in [5.41, 5.74) is -0.225. The highest BCUT2D eigenvalue weighted by molar-refractivity contribution is 14.0. The number of rotatable bonds is 8. The van der Waals surface area contributed by atoms with Gasteiger partial charge < -0.3 is 24.4 Å². The molecule has 1 N–H and O–H groups in total. The number of aliphatic imine (C=N–C) groups is 1. The molecule has 0 unspecified atom stereocenters. The van der Waals surface area contributed by atoms with Crippen molar-refractivity contribution in [2.24, 2.45) is 4.99 Å². The first kappa shape index (κ1) is 24.3. The second kappa shape index (κ2) is 12.6. The Labute approximate surface area is 184 Å². The largest absolute Gasteiger partial charge is 0.492 e. The van der Waals surface area contributed by atoms with Crippen LogP contribution in [0.4, 0.5) is 0 Å². The molecule has 0 spiro atoms. The van der Waals surface area contributed by atoms with E-state index in [9.17, 15) is 0 Å². The second-order valence-corrected chi connectivity index (χ2v) is 6.83. The topological polar surface area (TPSA) is 55.3 Å². The molecule has 2 rings (SSSR count). The van der Waals surface area contributed by atoms with Crippen molar-refractivity contribution < 1.29 is 14.2 Å². The first-order valence-electron chi connectivity index (χ1n) is 9.09. The van der Waals surface area contributed by atoms with Crippen LogP contribution in [-0.2, 0) is 9.47 Å². The van der Waals surface area contributed by atoms with Crippen molar-refractivity contribution >= 4 is 41.5 Å². The molecule has 1 aromatic rings. The second-order valence-electron chi connectivity index (χ2n) is 6.40. The van der Waals surface area contributed by atoms with Gasteiger partial charge in [-0.2, -0.15) is 0 Å². The number of hydrogen-bond donors (Lipinski definition) is 1. The molecule has 1 aliphatic rings. The predicted octanol–water partition coefficient (Wildman–Crippen LogP) is 3.43. The average Bonchev–Trinajstić information content (AvgIpc) is 2.66. The van der Waals surface area contributed by atoms with Crippen LogP contribution < -0.4 is 10.1 Å². The fourth-order valence-electron chi connectivity index (χ4n) is 2.82. The smallest absolute Gasteiger partial charge is 0.193 e. The van der Waals surface area contributed by atoms with Crippen LogP contribution in [-0.4, -0.2) is 70.1 Å². The number of likely N-dealkylation sites (N-methyl/N-ethyl adjacent to an activating group) is 1. The quantitative estimate of drug-likeness (QED) is 0.329. The molecule has 0 amide bonds. The van der Waals surface area contributed by atoms with Crippen LogP contribution in [0, 0.1) is 0 Å². The van der Waals surface area contributed by atoms with Gasteiger partial charge in [-0.15, -0.1) is 24.0 Å². The van der Waals surface area contributed by atoms with Gasteiger partial charge >= 0.3 is 0 Å². The first-order chi connectivity index (χ1) is 12.6. The maximum absolute atomic E-state index is 5.98. The molecule has 1 aliphatic heterocycles. The van der Waals surface area contributed by atoms with Gasteiger partial charge in [-0.1, -0.05) is 17.7 Å². The van der Waals surface area contributed by atoms with Crippen LogP contribution in [0.5, 0.6) is 5.75 Å². The summed E-state index contributed by atoms with van der Waals surface area (Å²) in [5.74, 6) is 1.62. The van der Waals surface area contributed by atoms with E-state index in [0.717, 1.165) is 44.3 Å². The molecule has 6 nitrogen and oxygen atoms in total. The van der Waals surface area contributed by atoms with E-state index in [1.54, 1.807) is 7.11 Å². The highest BCUT2D eigenvalue weighted by atomic mass is 127. The number of methoxy groups -OCH3 is 1. The molecule has 1 fully saturated rings. The van der Waals surface area contributed by atoms with Crippen LogP contribution in [0.1, 0.15) is 19.8 Å². The van der Waals surface area contributed by atoms with Crippen molar-refractivity contribution in [1.82, 2.24) is 10.2 Å². The Morgan fingerprint density at radius 3 is 2.74 bits per heavy atom. The normalized spacial score (nSPS) is 16.4. The van der Waals surface area contributed by atoms with Gasteiger partial charge in [-0.25, -0.2) is 0 Å². The Bertz CT molecular complexity index is 583. The number of guanidine groups is 1. The van der Waals surface area contributed by atoms with Gasteiger partial charge in [0.25, 0.3) is 0 Å². The molecule has 154 valence electrons. The fraction of sp³-hybridized carbons (Fsp3) is 0.632. The van der Waals surface area contributed by atoms with E-state index in [1.807, 2.05) is 31.3 Å². The highest BCUT2D eigenvalue weighted by Crippen LogP contribution is 2.24. The summed E-state index contributed by atoms with van der Waals surface area (Å²) in [5, 5.41) is 4.01. The molecule has 27 heavy (non-hydrogen) atoms. The van der Waals surface area contributed by atoms with Crippen LogP contribution in [0.25, 0.3) is 0 Å². The molecule has 0 aromatic heterocycles. The fourth-order valence-corrected chi connectivity index (χ4v) is 3.00. The SMILES string of the molecule is CCNC(=NCC1(OC)CCOCC1)N(C)CCOc1cccc(Cl)c1.I. The Hall–Kier alpha value is -0.770. The zero-order chi connectivity index (χ0) is 18.8. The molecule has 8 heteroatoms. The lowest BCUT2D eigenvalue weighted by Gasteiger charge is -2.35. The molecule has 0 aliphatic carbocycles. The molecule has 1 aromatic carbocycles. The molecule has 0 radical (unpaired) electrons. The molecule has 0 atom stereocenters. The summed E-state index contributed by atoms with van der Waals surface area (Å²) < 4.78 is 17.0. The summed E-state index contributed by atoms with van der Waals surface area (Å²) in [6.07, 6.45) is 1.74. The van der Waals surface area contributed by atoms with E-state index in [1.165, 1.54) is 0 Å². The van der Waals surface area contributed by atoms with E-state index in [4.69, 9.17) is 30.8 Å². The third kappa shape index (κ3) is 8.01. The van der Waals surface area contributed by atoms with Crippen molar-refractivity contribution in [1.29, 1.82) is 0 Å². The Balaban J connectivity index is 0.00000364. The zero-order valence-electron chi connectivity index (χ0n) is 16.4. The third-order valence-electron chi connectivity index (χ3n) is 4.54. The number of hydrogen-bond acceptors (Lipinski definition) is 4. The van der Waals surface area contributed by atoms with E-state index in [0.29, 0.717) is 24.7 Å². The highest BCUT2D eigenvalue weighted by Gasteiger charge is 2.32. The minimum Gasteiger partial charge on any atom is -0.492 e. The van der Waals surface area contributed by atoms with Gasteiger partial charge in [0.05, 0.1) is 18.7 Å². The van der Waals surface area contributed by atoms with Gasteiger partial charge in [0.2, 0.25) is 0 Å². The minimum atomic E-state index is -0.225. The average molecular weight is 512 g/mol. The van der Waals surface area contributed by atoms with Crippen LogP contribution >= 0.6 is 35.6 Å².